The molecule has 1 aromatic heterocycles. The van der Waals surface area contributed by atoms with Gasteiger partial charge in [0.05, 0.1) is 5.69 Å². The molecule has 15 heavy (non-hydrogen) atoms. The van der Waals surface area contributed by atoms with Crippen LogP contribution >= 0.6 is 0 Å². The van der Waals surface area contributed by atoms with E-state index in [4.69, 9.17) is 4.74 Å². The van der Waals surface area contributed by atoms with Crippen LogP contribution in [0.5, 0.6) is 5.88 Å². The van der Waals surface area contributed by atoms with Gasteiger partial charge in [-0.15, -0.1) is 5.10 Å². The standard InChI is InChI=1S/C11H17N3O/c1-9-4-5-11(14-13-9)15-10-3-2-7-12-8-6-10/h4-5,10,12H,2-3,6-8H2,1H3. The fourth-order valence-electron chi connectivity index (χ4n) is 1.73. The number of ether oxygens (including phenoxy) is 1. The third-order valence-electron chi connectivity index (χ3n) is 2.58. The Morgan fingerprint density at radius 3 is 3.00 bits per heavy atom. The van der Waals surface area contributed by atoms with Crippen LogP contribution in [0, 0.1) is 6.92 Å². The van der Waals surface area contributed by atoms with E-state index in [-0.39, 0.29) is 6.10 Å². The van der Waals surface area contributed by atoms with Crippen molar-refractivity contribution in [3.8, 4) is 5.88 Å². The second kappa shape index (κ2) is 5.07. The van der Waals surface area contributed by atoms with Gasteiger partial charge in [0.1, 0.15) is 6.10 Å². The second-order valence-electron chi connectivity index (χ2n) is 3.93. The van der Waals surface area contributed by atoms with E-state index in [1.807, 2.05) is 19.1 Å². The molecule has 0 spiro atoms. The van der Waals surface area contributed by atoms with Crippen LogP contribution in [-0.2, 0) is 0 Å². The van der Waals surface area contributed by atoms with Gasteiger partial charge in [-0.3, -0.25) is 0 Å². The van der Waals surface area contributed by atoms with Gasteiger partial charge in [0.25, 0.3) is 0 Å². The topological polar surface area (TPSA) is 47.0 Å². The van der Waals surface area contributed by atoms with Crippen molar-refractivity contribution in [3.05, 3.63) is 17.8 Å². The van der Waals surface area contributed by atoms with Crippen molar-refractivity contribution in [2.24, 2.45) is 0 Å². The minimum atomic E-state index is 0.289. The van der Waals surface area contributed by atoms with Crippen molar-refractivity contribution < 1.29 is 4.74 Å². The molecule has 1 aromatic rings. The van der Waals surface area contributed by atoms with E-state index in [0.29, 0.717) is 5.88 Å². The zero-order valence-corrected chi connectivity index (χ0v) is 9.07. The lowest BCUT2D eigenvalue weighted by Crippen LogP contribution is -2.19. The summed E-state index contributed by atoms with van der Waals surface area (Å²) in [5.74, 6) is 0.646. The molecule has 1 N–H and O–H groups in total. The van der Waals surface area contributed by atoms with Crippen molar-refractivity contribution in [1.82, 2.24) is 15.5 Å². The van der Waals surface area contributed by atoms with Gasteiger partial charge in [0.15, 0.2) is 0 Å². The zero-order valence-electron chi connectivity index (χ0n) is 9.07. The van der Waals surface area contributed by atoms with E-state index in [2.05, 4.69) is 15.5 Å². The first-order chi connectivity index (χ1) is 7.34. The second-order valence-corrected chi connectivity index (χ2v) is 3.93. The molecular weight excluding hydrogens is 190 g/mol. The summed E-state index contributed by atoms with van der Waals surface area (Å²) in [7, 11) is 0. The van der Waals surface area contributed by atoms with Crippen LogP contribution in [0.1, 0.15) is 25.0 Å². The summed E-state index contributed by atoms with van der Waals surface area (Å²) in [6.45, 7) is 4.05. The number of hydrogen-bond donors (Lipinski definition) is 1. The maximum absolute atomic E-state index is 5.78. The van der Waals surface area contributed by atoms with Crippen LogP contribution in [-0.4, -0.2) is 29.4 Å². The Labute approximate surface area is 90.1 Å². The Bertz CT molecular complexity index is 291. The molecule has 0 saturated carbocycles. The highest BCUT2D eigenvalue weighted by atomic mass is 16.5. The maximum atomic E-state index is 5.78. The highest BCUT2D eigenvalue weighted by molar-refractivity contribution is 5.10. The van der Waals surface area contributed by atoms with Crippen LogP contribution in [0.15, 0.2) is 12.1 Å². The molecule has 4 heteroatoms. The summed E-state index contributed by atoms with van der Waals surface area (Å²) in [6.07, 6.45) is 3.61. The van der Waals surface area contributed by atoms with Crippen molar-refractivity contribution in [2.45, 2.75) is 32.3 Å². The molecule has 1 unspecified atom stereocenters. The zero-order chi connectivity index (χ0) is 10.5. The number of nitrogens with zero attached hydrogens (tertiary/aromatic N) is 2. The Kier molecular flexibility index (Phi) is 3.50. The van der Waals surface area contributed by atoms with Crippen molar-refractivity contribution in [3.63, 3.8) is 0 Å². The number of rotatable bonds is 2. The Hall–Kier alpha value is -1.16. The first kappa shape index (κ1) is 10.4. The van der Waals surface area contributed by atoms with E-state index in [1.165, 1.54) is 6.42 Å². The van der Waals surface area contributed by atoms with Gasteiger partial charge in [-0.1, -0.05) is 0 Å². The van der Waals surface area contributed by atoms with Crippen LogP contribution in [0.2, 0.25) is 0 Å². The average Bonchev–Trinajstić information content (AvgIpc) is 2.50. The first-order valence-corrected chi connectivity index (χ1v) is 5.52. The van der Waals surface area contributed by atoms with E-state index < -0.39 is 0 Å². The summed E-state index contributed by atoms with van der Waals surface area (Å²) >= 11 is 0. The molecule has 1 aliphatic rings. The molecule has 0 radical (unpaired) electrons. The highest BCUT2D eigenvalue weighted by Gasteiger charge is 2.13. The van der Waals surface area contributed by atoms with Gasteiger partial charge < -0.3 is 10.1 Å². The average molecular weight is 207 g/mol. The van der Waals surface area contributed by atoms with E-state index in [9.17, 15) is 0 Å². The van der Waals surface area contributed by atoms with Crippen LogP contribution in [0.25, 0.3) is 0 Å². The monoisotopic (exact) mass is 207 g/mol. The molecule has 1 atom stereocenters. The quantitative estimate of drug-likeness (QED) is 0.794. The van der Waals surface area contributed by atoms with Crippen LogP contribution in [0.4, 0.5) is 0 Å². The van der Waals surface area contributed by atoms with Gasteiger partial charge in [-0.25, -0.2) is 0 Å². The lowest BCUT2D eigenvalue weighted by atomic mass is 10.2. The minimum Gasteiger partial charge on any atom is -0.473 e. The predicted octanol–water partition coefficient (Wildman–Crippen LogP) is 1.31. The number of aryl methyl sites for hydroxylation is 1. The Morgan fingerprint density at radius 2 is 2.20 bits per heavy atom. The number of aromatic nitrogens is 2. The van der Waals surface area contributed by atoms with Gasteiger partial charge in [0, 0.05) is 6.07 Å². The number of nitrogens with one attached hydrogen (secondary N) is 1. The molecule has 0 aliphatic carbocycles. The van der Waals surface area contributed by atoms with Crippen LogP contribution < -0.4 is 10.1 Å². The maximum Gasteiger partial charge on any atom is 0.233 e. The number of hydrogen-bond acceptors (Lipinski definition) is 4. The predicted molar refractivity (Wildman–Crippen MR) is 57.9 cm³/mol. The van der Waals surface area contributed by atoms with Gasteiger partial charge in [-0.05, 0) is 45.3 Å². The van der Waals surface area contributed by atoms with Gasteiger partial charge in [-0.2, -0.15) is 5.10 Å². The summed E-state index contributed by atoms with van der Waals surface area (Å²) in [6, 6.07) is 3.82. The molecular formula is C11H17N3O. The summed E-state index contributed by atoms with van der Waals surface area (Å²) in [4.78, 5) is 0. The fourth-order valence-corrected chi connectivity index (χ4v) is 1.73. The normalized spacial score (nSPS) is 22.1. The Morgan fingerprint density at radius 1 is 1.27 bits per heavy atom. The lowest BCUT2D eigenvalue weighted by molar-refractivity contribution is 0.178. The third kappa shape index (κ3) is 3.16. The molecule has 2 heterocycles. The molecule has 1 aliphatic heterocycles. The van der Waals surface area contributed by atoms with E-state index in [0.717, 1.165) is 31.6 Å². The molecule has 82 valence electrons. The molecule has 1 saturated heterocycles. The molecule has 1 fully saturated rings. The molecule has 0 bridgehead atoms. The summed E-state index contributed by atoms with van der Waals surface area (Å²) in [5, 5.41) is 11.3. The molecule has 0 amide bonds. The van der Waals surface area contributed by atoms with Gasteiger partial charge >= 0.3 is 0 Å². The largest absolute Gasteiger partial charge is 0.473 e. The molecule has 4 nitrogen and oxygen atoms in total. The highest BCUT2D eigenvalue weighted by Crippen LogP contribution is 2.13. The summed E-state index contributed by atoms with van der Waals surface area (Å²) in [5.41, 5.74) is 0.921. The Balaban J connectivity index is 1.92. The first-order valence-electron chi connectivity index (χ1n) is 5.52. The summed E-state index contributed by atoms with van der Waals surface area (Å²) < 4.78 is 5.78. The smallest absolute Gasteiger partial charge is 0.233 e. The van der Waals surface area contributed by atoms with Crippen molar-refractivity contribution in [1.29, 1.82) is 0 Å². The van der Waals surface area contributed by atoms with Gasteiger partial charge in [0.2, 0.25) is 5.88 Å². The molecule has 2 rings (SSSR count). The van der Waals surface area contributed by atoms with E-state index >= 15 is 0 Å². The third-order valence-corrected chi connectivity index (χ3v) is 2.58. The van der Waals surface area contributed by atoms with Crippen LogP contribution in [0.3, 0.4) is 0 Å². The van der Waals surface area contributed by atoms with Crippen molar-refractivity contribution in [2.75, 3.05) is 13.1 Å². The molecule has 0 aromatic carbocycles. The minimum absolute atomic E-state index is 0.289. The van der Waals surface area contributed by atoms with E-state index in [1.54, 1.807) is 0 Å². The lowest BCUT2D eigenvalue weighted by Gasteiger charge is -2.15. The van der Waals surface area contributed by atoms with Crippen molar-refractivity contribution >= 4 is 0 Å². The SMILES string of the molecule is Cc1ccc(OC2CCCNCC2)nn1. The fraction of sp³-hybridized carbons (Fsp3) is 0.636.